The second kappa shape index (κ2) is 22.0. The first-order valence-electron chi connectivity index (χ1n) is 31.6. The molecular weight excluding hydrogens is 1050 g/mol. The quantitative estimate of drug-likeness (QED) is 0.110. The first-order valence-corrected chi connectivity index (χ1v) is 31.6. The van der Waals surface area contributed by atoms with Crippen molar-refractivity contribution in [3.05, 3.63) is 158 Å². The predicted octanol–water partition coefficient (Wildman–Crippen LogP) is 23.1. The SMILES string of the molecule is CCCC(O)=Nc1cc2[nH]c1c(-c1cc(C(C)(C)C)cc(C(C)(C)C)c1)c1nc(c(-c3cc(C(C)(C)C)cc(C(C)(C)C)c3)c3ccc([nH]3)c(-c3cc(C(C)(C)C)cc(C(C)(C)C)c3)c3nc(c2-c2cc(C(C)(C)C)cc(C(C)(C)C)c2)C=C3)C=C1. The van der Waals surface area contributed by atoms with Crippen LogP contribution in [-0.4, -0.2) is 30.9 Å². The minimum absolute atomic E-state index is 0.0807. The van der Waals surface area contributed by atoms with Crippen molar-refractivity contribution in [2.75, 3.05) is 0 Å². The summed E-state index contributed by atoms with van der Waals surface area (Å²) in [7, 11) is 0. The summed E-state index contributed by atoms with van der Waals surface area (Å²) in [6.07, 6.45) is 10.0. The van der Waals surface area contributed by atoms with Crippen LogP contribution >= 0.6 is 0 Å². The zero-order valence-corrected chi connectivity index (χ0v) is 57.2. The number of nitrogens with zero attached hydrogens (tertiary/aromatic N) is 3. The van der Waals surface area contributed by atoms with Gasteiger partial charge in [0.25, 0.3) is 0 Å². The zero-order chi connectivity index (χ0) is 63.4. The molecule has 8 bridgehead atoms. The lowest BCUT2D eigenvalue weighted by Gasteiger charge is -2.26. The average Bonchev–Trinajstić information content (AvgIpc) is 1.65. The Morgan fingerprint density at radius 3 is 0.872 bits per heavy atom. The van der Waals surface area contributed by atoms with Crippen molar-refractivity contribution in [2.24, 2.45) is 4.99 Å². The number of nitrogens with one attached hydrogen (secondary N) is 2. The van der Waals surface area contributed by atoms with Crippen molar-refractivity contribution in [1.29, 1.82) is 0 Å². The van der Waals surface area contributed by atoms with E-state index < -0.39 is 0 Å². The number of fused-ring (bicyclic) bond motifs is 8. The number of aromatic amines is 2. The molecule has 0 radical (unpaired) electrons. The summed E-state index contributed by atoms with van der Waals surface area (Å²) in [5.41, 5.74) is 24.4. The third-order valence-corrected chi connectivity index (χ3v) is 17.4. The molecule has 4 aromatic carbocycles. The molecule has 0 saturated carbocycles. The molecule has 2 aliphatic rings. The van der Waals surface area contributed by atoms with Crippen LogP contribution in [0.1, 0.15) is 253 Å². The van der Waals surface area contributed by atoms with Crippen LogP contribution in [0.3, 0.4) is 0 Å². The number of benzene rings is 4. The lowest BCUT2D eigenvalue weighted by molar-refractivity contribution is 0.529. The van der Waals surface area contributed by atoms with Gasteiger partial charge in [-0.2, -0.15) is 0 Å². The summed E-state index contributed by atoms with van der Waals surface area (Å²) >= 11 is 0. The molecule has 6 nitrogen and oxygen atoms in total. The maximum Gasteiger partial charge on any atom is 0.185 e. The van der Waals surface area contributed by atoms with Gasteiger partial charge in [0.15, 0.2) is 5.90 Å². The fourth-order valence-electron chi connectivity index (χ4n) is 11.5. The highest BCUT2D eigenvalue weighted by Crippen LogP contribution is 2.46. The number of hydrogen-bond acceptors (Lipinski definition) is 3. The number of aliphatic hydroxyl groups excluding tert-OH is 1. The Labute approximate surface area is 517 Å². The van der Waals surface area contributed by atoms with Crippen LogP contribution in [0.4, 0.5) is 5.69 Å². The monoisotopic (exact) mass is 1150 g/mol. The smallest absolute Gasteiger partial charge is 0.185 e. The van der Waals surface area contributed by atoms with Crippen LogP contribution < -0.4 is 0 Å². The van der Waals surface area contributed by atoms with E-state index in [1.54, 1.807) is 0 Å². The molecule has 7 aromatic rings. The van der Waals surface area contributed by atoms with E-state index in [9.17, 15) is 5.11 Å². The lowest BCUT2D eigenvalue weighted by Crippen LogP contribution is -2.16. The van der Waals surface area contributed by atoms with Crippen molar-refractivity contribution in [2.45, 2.75) is 229 Å². The molecule has 86 heavy (non-hydrogen) atoms. The van der Waals surface area contributed by atoms with Crippen LogP contribution in [0.2, 0.25) is 0 Å². The van der Waals surface area contributed by atoms with Gasteiger partial charge in [-0.15, -0.1) is 0 Å². The predicted molar refractivity (Wildman–Crippen MR) is 375 cm³/mol. The van der Waals surface area contributed by atoms with E-state index in [0.717, 1.165) is 95.8 Å². The normalized spacial score (nSPS) is 14.0. The second-order valence-electron chi connectivity index (χ2n) is 33.1. The highest BCUT2D eigenvalue weighted by Gasteiger charge is 2.30. The van der Waals surface area contributed by atoms with Crippen LogP contribution in [-0.2, 0) is 43.3 Å². The highest BCUT2D eigenvalue weighted by atomic mass is 16.3. The fourth-order valence-corrected chi connectivity index (χ4v) is 11.5. The number of H-pyrrole nitrogens is 2. The molecule has 9 rings (SSSR count). The van der Waals surface area contributed by atoms with Gasteiger partial charge in [0.1, 0.15) is 0 Å². The lowest BCUT2D eigenvalue weighted by atomic mass is 9.78. The third kappa shape index (κ3) is 13.3. The number of aliphatic imine (C=N–C) groups is 1. The van der Waals surface area contributed by atoms with Gasteiger partial charge >= 0.3 is 0 Å². The molecule has 6 heteroatoms. The van der Waals surface area contributed by atoms with Crippen molar-refractivity contribution in [3.63, 3.8) is 0 Å². The van der Waals surface area contributed by atoms with E-state index >= 15 is 0 Å². The van der Waals surface area contributed by atoms with E-state index in [-0.39, 0.29) is 49.2 Å². The van der Waals surface area contributed by atoms with Crippen molar-refractivity contribution >= 4 is 58.0 Å². The Morgan fingerprint density at radius 1 is 0.349 bits per heavy atom. The Bertz CT molecular complexity index is 3940. The minimum atomic E-state index is -0.181. The molecule has 0 aliphatic carbocycles. The molecule has 5 heterocycles. The number of hydrogen-bond donors (Lipinski definition) is 3. The molecule has 0 spiro atoms. The molecule has 0 amide bonds. The molecular formula is C80H101N5O. The second-order valence-corrected chi connectivity index (χ2v) is 33.1. The number of aliphatic hydroxyl groups is 1. The minimum Gasteiger partial charge on any atom is -0.496 e. The van der Waals surface area contributed by atoms with Gasteiger partial charge in [0.2, 0.25) is 0 Å². The third-order valence-electron chi connectivity index (χ3n) is 17.4. The number of aromatic nitrogens is 4. The van der Waals surface area contributed by atoms with Gasteiger partial charge < -0.3 is 15.1 Å². The number of rotatable bonds is 7. The molecule has 0 unspecified atom stereocenters. The van der Waals surface area contributed by atoms with Crippen molar-refractivity contribution < 1.29 is 5.11 Å². The first kappa shape index (κ1) is 63.5. The fraction of sp³-hybridized carbons (Fsp3) is 0.438. The Hall–Kier alpha value is -7.05. The molecule has 452 valence electrons. The molecule has 3 aromatic heterocycles. The summed E-state index contributed by atoms with van der Waals surface area (Å²) in [6.45, 7) is 57.4. The zero-order valence-electron chi connectivity index (χ0n) is 57.2. The van der Waals surface area contributed by atoms with E-state index in [4.69, 9.17) is 15.0 Å². The highest BCUT2D eigenvalue weighted by molar-refractivity contribution is 6.04. The van der Waals surface area contributed by atoms with Crippen LogP contribution in [0.5, 0.6) is 0 Å². The van der Waals surface area contributed by atoms with Crippen LogP contribution in [0.15, 0.2) is 96.0 Å². The maximum absolute atomic E-state index is 11.9. The molecule has 2 aliphatic heterocycles. The van der Waals surface area contributed by atoms with E-state index in [0.29, 0.717) is 12.1 Å². The summed E-state index contributed by atoms with van der Waals surface area (Å²) in [4.78, 5) is 25.3. The molecule has 0 atom stereocenters. The Morgan fingerprint density at radius 2 is 0.605 bits per heavy atom. The Balaban J connectivity index is 1.63. The summed E-state index contributed by atoms with van der Waals surface area (Å²) in [5.74, 6) is 0.0807. The summed E-state index contributed by atoms with van der Waals surface area (Å²) in [5, 5.41) is 11.9. The Kier molecular flexibility index (Phi) is 16.2. The van der Waals surface area contributed by atoms with Gasteiger partial charge in [0.05, 0.1) is 39.5 Å². The van der Waals surface area contributed by atoms with E-state index in [1.807, 2.05) is 0 Å². The van der Waals surface area contributed by atoms with Gasteiger partial charge in [-0.1, -0.05) is 246 Å². The standard InChI is InChI=1S/C80H101N5O/c1-26-27-67(86)84-66-46-65-70(49-38-55(77(14,15)16)44-56(39-49)78(17,18)19)63-31-30-61(82-63)68(47-34-51(73(2,3)4)42-52(35-47)74(5,6)7)59-28-29-60(81-59)69(48-36-53(75(8,9)10)43-54(37-48)76(11,12)13)62-32-33-64(83-62)71(72(66)85-65)50-40-57(79(20,21)22)45-58(41-50)80(23,24)25/h28-46,81,85H,26-27H2,1-25H3,(H,84,86). The summed E-state index contributed by atoms with van der Waals surface area (Å²) in [6, 6.07) is 35.3. The molecule has 0 fully saturated rings. The van der Waals surface area contributed by atoms with Gasteiger partial charge in [-0.25, -0.2) is 15.0 Å². The van der Waals surface area contributed by atoms with Gasteiger partial charge in [-0.3, -0.25) is 0 Å². The largest absolute Gasteiger partial charge is 0.496 e. The van der Waals surface area contributed by atoms with Crippen LogP contribution in [0, 0.1) is 0 Å². The molecule has 3 N–H and O–H groups in total. The van der Waals surface area contributed by atoms with E-state index in [1.165, 1.54) is 44.5 Å². The van der Waals surface area contributed by atoms with Gasteiger partial charge in [0, 0.05) is 39.7 Å². The average molecular weight is 1150 g/mol. The van der Waals surface area contributed by atoms with Crippen LogP contribution in [0.25, 0.3) is 90.9 Å². The summed E-state index contributed by atoms with van der Waals surface area (Å²) < 4.78 is 0. The van der Waals surface area contributed by atoms with Crippen molar-refractivity contribution in [1.82, 2.24) is 19.9 Å². The topological polar surface area (TPSA) is 90.0 Å². The van der Waals surface area contributed by atoms with E-state index in [2.05, 4.69) is 298 Å². The van der Waals surface area contributed by atoms with Gasteiger partial charge in [-0.05, 0) is 159 Å². The first-order chi connectivity index (χ1) is 39.5. The van der Waals surface area contributed by atoms with Crippen molar-refractivity contribution in [3.8, 4) is 44.5 Å². The maximum atomic E-state index is 11.9. The molecule has 0 saturated heterocycles.